The summed E-state index contributed by atoms with van der Waals surface area (Å²) in [6.07, 6.45) is 1.98. The number of aromatic nitrogens is 1. The van der Waals surface area contributed by atoms with Crippen molar-refractivity contribution < 1.29 is 8.42 Å². The number of rotatable bonds is 5. The number of sulfonamides is 1. The van der Waals surface area contributed by atoms with Gasteiger partial charge in [-0.25, -0.2) is 8.42 Å². The number of nitriles is 1. The van der Waals surface area contributed by atoms with E-state index < -0.39 is 16.1 Å². The van der Waals surface area contributed by atoms with Crippen LogP contribution in [-0.4, -0.2) is 36.5 Å². The summed E-state index contributed by atoms with van der Waals surface area (Å²) in [5.41, 5.74) is 0.731. The van der Waals surface area contributed by atoms with Crippen molar-refractivity contribution >= 4 is 10.0 Å². The summed E-state index contributed by atoms with van der Waals surface area (Å²) in [5, 5.41) is 8.69. The summed E-state index contributed by atoms with van der Waals surface area (Å²) < 4.78 is 24.8. The van der Waals surface area contributed by atoms with Crippen LogP contribution in [0.15, 0.2) is 24.4 Å². The lowest BCUT2D eigenvalue weighted by Crippen LogP contribution is -2.36. The molecule has 17 heavy (non-hydrogen) atoms. The van der Waals surface area contributed by atoms with Gasteiger partial charge in [-0.05, 0) is 19.1 Å². The van der Waals surface area contributed by atoms with E-state index in [4.69, 9.17) is 5.26 Å². The lowest BCUT2D eigenvalue weighted by atomic mass is 10.3. The molecule has 1 atom stereocenters. The van der Waals surface area contributed by atoms with Crippen LogP contribution in [0.2, 0.25) is 0 Å². The molecule has 1 heterocycles. The quantitative estimate of drug-likeness (QED) is 0.778. The second-order valence-electron chi connectivity index (χ2n) is 3.71. The Kier molecular flexibility index (Phi) is 4.61. The Bertz CT molecular complexity index is 493. The normalized spacial score (nSPS) is 13.3. The van der Waals surface area contributed by atoms with Crippen molar-refractivity contribution in [1.82, 2.24) is 9.29 Å². The third-order valence-electron chi connectivity index (χ3n) is 2.51. The minimum Gasteiger partial charge on any atom is -0.261 e. The fourth-order valence-electron chi connectivity index (χ4n) is 1.25. The van der Waals surface area contributed by atoms with Crippen molar-refractivity contribution in [2.45, 2.75) is 19.4 Å². The molecule has 5 nitrogen and oxygen atoms in total. The topological polar surface area (TPSA) is 74.1 Å². The molecule has 6 heteroatoms. The highest BCUT2D eigenvalue weighted by atomic mass is 32.2. The summed E-state index contributed by atoms with van der Waals surface area (Å²) in [6, 6.07) is 6.63. The Hall–Kier alpha value is -1.45. The highest BCUT2D eigenvalue weighted by molar-refractivity contribution is 7.89. The molecule has 0 saturated heterocycles. The third kappa shape index (κ3) is 3.80. The average molecular weight is 253 g/mol. The standard InChI is InChI=1S/C11H15N3O2S/c1-10(9-12)14(2)17(15,16)8-6-11-5-3-4-7-13-11/h3-5,7,10H,6,8H2,1-2H3. The van der Waals surface area contributed by atoms with Gasteiger partial charge >= 0.3 is 0 Å². The van der Waals surface area contributed by atoms with Gasteiger partial charge in [-0.2, -0.15) is 9.57 Å². The van der Waals surface area contributed by atoms with Crippen molar-refractivity contribution in [2.75, 3.05) is 12.8 Å². The third-order valence-corrected chi connectivity index (χ3v) is 4.43. The van der Waals surface area contributed by atoms with Gasteiger partial charge in [0, 0.05) is 25.4 Å². The maximum Gasteiger partial charge on any atom is 0.215 e. The van der Waals surface area contributed by atoms with E-state index in [1.165, 1.54) is 7.05 Å². The van der Waals surface area contributed by atoms with Crippen LogP contribution in [-0.2, 0) is 16.4 Å². The summed E-state index contributed by atoms with van der Waals surface area (Å²) >= 11 is 0. The second kappa shape index (κ2) is 5.75. The first-order chi connectivity index (χ1) is 7.97. The van der Waals surface area contributed by atoms with Crippen LogP contribution >= 0.6 is 0 Å². The van der Waals surface area contributed by atoms with Gasteiger partial charge in [0.1, 0.15) is 6.04 Å². The van der Waals surface area contributed by atoms with Crippen LogP contribution in [0.1, 0.15) is 12.6 Å². The van der Waals surface area contributed by atoms with Gasteiger partial charge in [0.2, 0.25) is 10.0 Å². The zero-order valence-corrected chi connectivity index (χ0v) is 10.7. The van der Waals surface area contributed by atoms with Crippen LogP contribution in [0.4, 0.5) is 0 Å². The molecule has 0 aromatic carbocycles. The Morgan fingerprint density at radius 3 is 2.76 bits per heavy atom. The molecule has 1 rings (SSSR count). The van der Waals surface area contributed by atoms with Crippen LogP contribution < -0.4 is 0 Å². The zero-order chi connectivity index (χ0) is 12.9. The Morgan fingerprint density at radius 1 is 1.53 bits per heavy atom. The Labute approximate surface area is 102 Å². The van der Waals surface area contributed by atoms with Gasteiger partial charge in [-0.1, -0.05) is 6.07 Å². The molecule has 1 aromatic rings. The van der Waals surface area contributed by atoms with Crippen molar-refractivity contribution in [1.29, 1.82) is 5.26 Å². The maximum absolute atomic E-state index is 11.9. The van der Waals surface area contributed by atoms with Gasteiger partial charge < -0.3 is 0 Å². The molecule has 0 aliphatic heterocycles. The molecular weight excluding hydrogens is 238 g/mol. The highest BCUT2D eigenvalue weighted by Gasteiger charge is 2.22. The first-order valence-electron chi connectivity index (χ1n) is 5.22. The Balaban J connectivity index is 2.66. The van der Waals surface area contributed by atoms with E-state index in [0.717, 1.165) is 10.00 Å². The molecule has 0 saturated carbocycles. The number of nitrogens with zero attached hydrogens (tertiary/aromatic N) is 3. The smallest absolute Gasteiger partial charge is 0.215 e. The molecule has 0 bridgehead atoms. The van der Waals surface area contributed by atoms with Gasteiger partial charge in [0.15, 0.2) is 0 Å². The SMILES string of the molecule is CC(C#N)N(C)S(=O)(=O)CCc1ccccn1. The second-order valence-corrected chi connectivity index (χ2v) is 5.86. The fraction of sp³-hybridized carbons (Fsp3) is 0.455. The van der Waals surface area contributed by atoms with E-state index in [1.807, 2.05) is 12.1 Å². The number of hydrogen-bond donors (Lipinski definition) is 0. The predicted molar refractivity (Wildman–Crippen MR) is 64.6 cm³/mol. The zero-order valence-electron chi connectivity index (χ0n) is 9.87. The lowest BCUT2D eigenvalue weighted by Gasteiger charge is -2.18. The van der Waals surface area contributed by atoms with Gasteiger partial charge in [-0.3, -0.25) is 4.98 Å². The molecule has 1 aromatic heterocycles. The molecule has 0 spiro atoms. The maximum atomic E-state index is 11.9. The van der Waals surface area contributed by atoms with Crippen molar-refractivity contribution in [2.24, 2.45) is 0 Å². The highest BCUT2D eigenvalue weighted by Crippen LogP contribution is 2.06. The molecule has 0 amide bonds. The average Bonchev–Trinajstić information content (AvgIpc) is 2.36. The largest absolute Gasteiger partial charge is 0.261 e. The van der Waals surface area contributed by atoms with E-state index >= 15 is 0 Å². The van der Waals surface area contributed by atoms with Gasteiger partial charge in [0.05, 0.1) is 11.8 Å². The molecule has 0 aliphatic carbocycles. The minimum atomic E-state index is -3.40. The molecule has 0 N–H and O–H groups in total. The monoisotopic (exact) mass is 253 g/mol. The van der Waals surface area contributed by atoms with Crippen LogP contribution in [0, 0.1) is 11.3 Å². The van der Waals surface area contributed by atoms with Crippen molar-refractivity contribution in [3.05, 3.63) is 30.1 Å². The summed E-state index contributed by atoms with van der Waals surface area (Å²) in [4.78, 5) is 4.06. The molecule has 0 aliphatic rings. The summed E-state index contributed by atoms with van der Waals surface area (Å²) in [6.45, 7) is 1.55. The van der Waals surface area contributed by atoms with Crippen LogP contribution in [0.5, 0.6) is 0 Å². The van der Waals surface area contributed by atoms with E-state index in [1.54, 1.807) is 25.3 Å². The predicted octanol–water partition coefficient (Wildman–Crippen LogP) is 0.798. The van der Waals surface area contributed by atoms with E-state index in [0.29, 0.717) is 6.42 Å². The number of pyridine rings is 1. The molecule has 0 fully saturated rings. The van der Waals surface area contributed by atoms with Crippen molar-refractivity contribution in [3.63, 3.8) is 0 Å². The summed E-state index contributed by atoms with van der Waals surface area (Å²) in [7, 11) is -1.98. The first-order valence-corrected chi connectivity index (χ1v) is 6.83. The fourth-order valence-corrected chi connectivity index (χ4v) is 2.53. The number of hydrogen-bond acceptors (Lipinski definition) is 4. The van der Waals surface area contributed by atoms with Gasteiger partial charge in [0.25, 0.3) is 0 Å². The molecular formula is C11H15N3O2S. The van der Waals surface area contributed by atoms with E-state index in [2.05, 4.69) is 4.98 Å². The molecule has 1 unspecified atom stereocenters. The minimum absolute atomic E-state index is 0.0352. The summed E-state index contributed by atoms with van der Waals surface area (Å²) in [5.74, 6) is -0.0352. The van der Waals surface area contributed by atoms with Gasteiger partial charge in [-0.15, -0.1) is 0 Å². The van der Waals surface area contributed by atoms with Crippen LogP contribution in [0.3, 0.4) is 0 Å². The number of aryl methyl sites for hydroxylation is 1. The Morgan fingerprint density at radius 2 is 2.24 bits per heavy atom. The first kappa shape index (κ1) is 13.6. The van der Waals surface area contributed by atoms with Crippen molar-refractivity contribution in [3.8, 4) is 6.07 Å². The molecule has 0 radical (unpaired) electrons. The van der Waals surface area contributed by atoms with Crippen LogP contribution in [0.25, 0.3) is 0 Å². The van der Waals surface area contributed by atoms with E-state index in [-0.39, 0.29) is 5.75 Å². The molecule has 92 valence electrons. The van der Waals surface area contributed by atoms with E-state index in [9.17, 15) is 8.42 Å². The lowest BCUT2D eigenvalue weighted by molar-refractivity contribution is 0.441.